The van der Waals surface area contributed by atoms with Gasteiger partial charge >= 0.3 is 5.97 Å². The van der Waals surface area contributed by atoms with Gasteiger partial charge in [-0.1, -0.05) is 49.4 Å². The van der Waals surface area contributed by atoms with Gasteiger partial charge in [0, 0.05) is 28.5 Å². The van der Waals surface area contributed by atoms with Crippen LogP contribution in [0.25, 0.3) is 0 Å². The van der Waals surface area contributed by atoms with Crippen LogP contribution in [0.5, 0.6) is 0 Å². The monoisotopic (exact) mass is 281 g/mol. The largest absolute Gasteiger partial charge is 0.478 e. The molecular weight excluding hydrogens is 267 g/mol. The Hall–Kier alpha value is -1.89. The molecule has 0 heterocycles. The molecule has 0 saturated carbocycles. The van der Waals surface area contributed by atoms with Gasteiger partial charge in [0.25, 0.3) is 0 Å². The molecule has 2 rings (SSSR count). The van der Waals surface area contributed by atoms with Crippen LogP contribution in [0.2, 0.25) is 0 Å². The lowest BCUT2D eigenvalue weighted by Gasteiger charge is -2.10. The summed E-state index contributed by atoms with van der Waals surface area (Å²) in [6, 6.07) is 13.7. The highest BCUT2D eigenvalue weighted by atomic mass is 27.0. The highest BCUT2D eigenvalue weighted by molar-refractivity contribution is 6.11. The van der Waals surface area contributed by atoms with E-state index >= 15 is 0 Å². The van der Waals surface area contributed by atoms with E-state index in [0.717, 1.165) is 0 Å². The molecule has 2 aromatic carbocycles. The molecule has 0 aliphatic heterocycles. The Morgan fingerprint density at radius 3 is 2.10 bits per heavy atom. The number of carboxylic acid groups (broad SMARTS) is 1. The zero-order chi connectivity index (χ0) is 13.8. The van der Waals surface area contributed by atoms with Crippen LogP contribution >= 0.6 is 0 Å². The SMILES string of the molecule is CCc1c(C(=O)O)cccc1C(=O)c1ccccc1.[Al]. The Morgan fingerprint density at radius 1 is 0.950 bits per heavy atom. The average Bonchev–Trinajstić information content (AvgIpc) is 2.46. The van der Waals surface area contributed by atoms with Gasteiger partial charge in [0.1, 0.15) is 0 Å². The van der Waals surface area contributed by atoms with Gasteiger partial charge in [0.05, 0.1) is 5.56 Å². The molecule has 0 aliphatic rings. The number of carbonyl (C=O) groups excluding carboxylic acids is 1. The first kappa shape index (κ1) is 16.2. The van der Waals surface area contributed by atoms with Gasteiger partial charge in [-0.2, -0.15) is 0 Å². The summed E-state index contributed by atoms with van der Waals surface area (Å²) >= 11 is 0. The van der Waals surface area contributed by atoms with Crippen molar-refractivity contribution in [2.45, 2.75) is 13.3 Å². The van der Waals surface area contributed by atoms with Crippen LogP contribution in [-0.2, 0) is 6.42 Å². The lowest BCUT2D eigenvalue weighted by Crippen LogP contribution is -2.10. The number of hydrogen-bond acceptors (Lipinski definition) is 2. The maximum atomic E-state index is 12.4. The molecule has 0 atom stereocenters. The molecule has 20 heavy (non-hydrogen) atoms. The van der Waals surface area contributed by atoms with E-state index in [-0.39, 0.29) is 28.7 Å². The van der Waals surface area contributed by atoms with Crippen molar-refractivity contribution in [1.29, 1.82) is 0 Å². The van der Waals surface area contributed by atoms with E-state index in [9.17, 15) is 9.59 Å². The van der Waals surface area contributed by atoms with Gasteiger partial charge in [0.15, 0.2) is 5.78 Å². The molecule has 3 nitrogen and oxygen atoms in total. The summed E-state index contributed by atoms with van der Waals surface area (Å²) in [6.45, 7) is 1.85. The molecule has 0 saturated heterocycles. The van der Waals surface area contributed by atoms with E-state index in [4.69, 9.17) is 5.11 Å². The highest BCUT2D eigenvalue weighted by Gasteiger charge is 2.17. The van der Waals surface area contributed by atoms with E-state index < -0.39 is 5.97 Å². The first-order chi connectivity index (χ1) is 9.15. The number of benzene rings is 2. The van der Waals surface area contributed by atoms with Crippen molar-refractivity contribution in [3.05, 3.63) is 70.8 Å². The molecule has 0 fully saturated rings. The van der Waals surface area contributed by atoms with Crippen molar-refractivity contribution < 1.29 is 14.7 Å². The number of hydrogen-bond donors (Lipinski definition) is 1. The third-order valence-corrected chi connectivity index (χ3v) is 3.04. The first-order valence-corrected chi connectivity index (χ1v) is 6.10. The Bertz CT molecular complexity index is 621. The number of rotatable bonds is 4. The average molecular weight is 281 g/mol. The Balaban J connectivity index is 0.00000200. The number of aromatic carboxylic acids is 1. The highest BCUT2D eigenvalue weighted by Crippen LogP contribution is 2.19. The molecule has 0 aromatic heterocycles. The summed E-state index contributed by atoms with van der Waals surface area (Å²) in [5, 5.41) is 9.16. The summed E-state index contributed by atoms with van der Waals surface area (Å²) in [7, 11) is 0. The predicted octanol–water partition coefficient (Wildman–Crippen LogP) is 2.80. The predicted molar refractivity (Wildman–Crippen MR) is 78.4 cm³/mol. The number of ketones is 1. The molecular formula is C16H14AlO3. The van der Waals surface area contributed by atoms with Crippen LogP contribution in [0, 0.1) is 0 Å². The Labute approximate surface area is 128 Å². The van der Waals surface area contributed by atoms with Crippen LogP contribution in [0.15, 0.2) is 48.5 Å². The maximum Gasteiger partial charge on any atom is 0.335 e. The maximum absolute atomic E-state index is 12.4. The minimum Gasteiger partial charge on any atom is -0.478 e. The second kappa shape index (κ2) is 7.04. The van der Waals surface area contributed by atoms with Crippen molar-refractivity contribution in [2.75, 3.05) is 0 Å². The molecule has 2 aromatic rings. The molecule has 3 radical (unpaired) electrons. The Morgan fingerprint density at radius 2 is 1.55 bits per heavy atom. The topological polar surface area (TPSA) is 54.4 Å². The van der Waals surface area contributed by atoms with Crippen LogP contribution in [0.1, 0.15) is 38.8 Å². The van der Waals surface area contributed by atoms with Crippen molar-refractivity contribution in [2.24, 2.45) is 0 Å². The van der Waals surface area contributed by atoms with Gasteiger partial charge in [-0.3, -0.25) is 4.79 Å². The molecule has 1 N–H and O–H groups in total. The summed E-state index contributed by atoms with van der Waals surface area (Å²) in [5.74, 6) is -1.14. The molecule has 0 bridgehead atoms. The van der Waals surface area contributed by atoms with E-state index in [1.807, 2.05) is 13.0 Å². The summed E-state index contributed by atoms with van der Waals surface area (Å²) in [6.07, 6.45) is 0.510. The third kappa shape index (κ3) is 3.16. The van der Waals surface area contributed by atoms with E-state index in [0.29, 0.717) is 23.1 Å². The molecule has 99 valence electrons. The summed E-state index contributed by atoms with van der Waals surface area (Å²) in [4.78, 5) is 23.6. The van der Waals surface area contributed by atoms with Crippen molar-refractivity contribution in [1.82, 2.24) is 0 Å². The van der Waals surface area contributed by atoms with Crippen LogP contribution in [-0.4, -0.2) is 34.2 Å². The smallest absolute Gasteiger partial charge is 0.335 e. The fourth-order valence-electron chi connectivity index (χ4n) is 2.13. The van der Waals surface area contributed by atoms with Crippen LogP contribution in [0.4, 0.5) is 0 Å². The number of carbonyl (C=O) groups is 2. The van der Waals surface area contributed by atoms with Crippen LogP contribution in [0.3, 0.4) is 0 Å². The zero-order valence-electron chi connectivity index (χ0n) is 11.2. The van der Waals surface area contributed by atoms with E-state index in [1.54, 1.807) is 36.4 Å². The van der Waals surface area contributed by atoms with Crippen LogP contribution < -0.4 is 0 Å². The zero-order valence-corrected chi connectivity index (χ0v) is 12.3. The van der Waals surface area contributed by atoms with Gasteiger partial charge in [-0.15, -0.1) is 0 Å². The molecule has 0 aliphatic carbocycles. The molecule has 4 heteroatoms. The van der Waals surface area contributed by atoms with Gasteiger partial charge < -0.3 is 5.11 Å². The quantitative estimate of drug-likeness (QED) is 0.692. The molecule has 0 unspecified atom stereocenters. The second-order valence-electron chi connectivity index (χ2n) is 4.19. The van der Waals surface area contributed by atoms with E-state index in [1.165, 1.54) is 6.07 Å². The van der Waals surface area contributed by atoms with E-state index in [2.05, 4.69) is 0 Å². The number of carboxylic acids is 1. The van der Waals surface area contributed by atoms with Gasteiger partial charge in [0.2, 0.25) is 0 Å². The fourth-order valence-corrected chi connectivity index (χ4v) is 2.13. The first-order valence-electron chi connectivity index (χ1n) is 6.10. The standard InChI is InChI=1S/C16H14O3.Al/c1-2-12-13(9-6-10-14(12)16(18)19)15(17)11-7-4-3-5-8-11;/h3-10H,2H2,1H3,(H,18,19);. The van der Waals surface area contributed by atoms with Crippen molar-refractivity contribution in [3.63, 3.8) is 0 Å². The fraction of sp³-hybridized carbons (Fsp3) is 0.125. The van der Waals surface area contributed by atoms with Crippen molar-refractivity contribution >= 4 is 29.1 Å². The van der Waals surface area contributed by atoms with Crippen molar-refractivity contribution in [3.8, 4) is 0 Å². The van der Waals surface area contributed by atoms with Gasteiger partial charge in [-0.25, -0.2) is 4.79 Å². The lowest BCUT2D eigenvalue weighted by molar-refractivity contribution is 0.0695. The Kier molecular flexibility index (Phi) is 5.69. The summed E-state index contributed by atoms with van der Waals surface area (Å²) < 4.78 is 0. The molecule has 0 amide bonds. The van der Waals surface area contributed by atoms with Gasteiger partial charge in [-0.05, 0) is 18.1 Å². The summed E-state index contributed by atoms with van der Waals surface area (Å²) in [5.41, 5.74) is 1.82. The minimum absolute atomic E-state index is 0. The molecule has 0 spiro atoms. The second-order valence-corrected chi connectivity index (χ2v) is 4.19. The third-order valence-electron chi connectivity index (χ3n) is 3.04. The minimum atomic E-state index is -1.00. The normalized spacial score (nSPS) is 9.65. The lowest BCUT2D eigenvalue weighted by atomic mass is 9.93.